The van der Waals surface area contributed by atoms with Crippen molar-refractivity contribution in [3.05, 3.63) is 101 Å². The van der Waals surface area contributed by atoms with Crippen LogP contribution in [0.2, 0.25) is 0 Å². The van der Waals surface area contributed by atoms with Gasteiger partial charge in [0.1, 0.15) is 12.4 Å². The highest BCUT2D eigenvalue weighted by Crippen LogP contribution is 2.24. The topological polar surface area (TPSA) is 87.1 Å². The molecule has 0 aliphatic carbocycles. The van der Waals surface area contributed by atoms with Gasteiger partial charge in [-0.3, -0.25) is 9.69 Å². The number of halogens is 3. The lowest BCUT2D eigenvalue weighted by atomic mass is 10.0. The molecule has 0 saturated carbocycles. The average molecular weight is 558 g/mol. The van der Waals surface area contributed by atoms with Crippen molar-refractivity contribution in [2.75, 3.05) is 6.54 Å². The fraction of sp³-hybridized carbons (Fsp3) is 0.355. The zero-order valence-corrected chi connectivity index (χ0v) is 22.1. The third kappa shape index (κ3) is 10.7. The van der Waals surface area contributed by atoms with Crippen LogP contribution in [0, 0.1) is 0 Å². The number of aliphatic carboxylic acids is 2. The molecule has 1 aliphatic heterocycles. The molecule has 3 aromatic carbocycles. The Morgan fingerprint density at radius 2 is 1.40 bits per heavy atom. The molecule has 0 bridgehead atoms. The van der Waals surface area contributed by atoms with Gasteiger partial charge in [-0.2, -0.15) is 13.2 Å². The zero-order chi connectivity index (χ0) is 29.0. The first kappa shape index (κ1) is 30.7. The first-order valence-electron chi connectivity index (χ1n) is 13.2. The first-order valence-corrected chi connectivity index (χ1v) is 13.2. The summed E-state index contributed by atoms with van der Waals surface area (Å²) in [5, 5.41) is 15.9. The van der Waals surface area contributed by atoms with Crippen LogP contribution in [-0.4, -0.2) is 45.8 Å². The van der Waals surface area contributed by atoms with Gasteiger partial charge in [-0.15, -0.1) is 0 Å². The van der Waals surface area contributed by atoms with E-state index in [1.807, 2.05) is 24.3 Å². The summed E-state index contributed by atoms with van der Waals surface area (Å²) in [6.45, 7) is 2.73. The van der Waals surface area contributed by atoms with Gasteiger partial charge in [0, 0.05) is 19.0 Å². The highest BCUT2D eigenvalue weighted by Gasteiger charge is 2.38. The van der Waals surface area contributed by atoms with Crippen LogP contribution in [0.4, 0.5) is 13.2 Å². The first-order chi connectivity index (χ1) is 19.1. The number of carbonyl (C=O) groups is 2. The third-order valence-electron chi connectivity index (χ3n) is 6.72. The fourth-order valence-corrected chi connectivity index (χ4v) is 4.55. The number of carboxylic acids is 2. The van der Waals surface area contributed by atoms with Gasteiger partial charge in [-0.1, -0.05) is 66.7 Å². The van der Waals surface area contributed by atoms with Crippen molar-refractivity contribution in [2.24, 2.45) is 0 Å². The van der Waals surface area contributed by atoms with Crippen LogP contribution in [-0.2, 0) is 35.6 Å². The van der Waals surface area contributed by atoms with Crippen molar-refractivity contribution in [2.45, 2.75) is 63.9 Å². The minimum Gasteiger partial charge on any atom is -0.489 e. The summed E-state index contributed by atoms with van der Waals surface area (Å²) < 4.78 is 37.6. The minimum atomic E-state index is -5.08. The van der Waals surface area contributed by atoms with Crippen LogP contribution in [0.15, 0.2) is 78.9 Å². The van der Waals surface area contributed by atoms with Crippen LogP contribution in [0.1, 0.15) is 47.9 Å². The Balaban J connectivity index is 0.000000559. The predicted octanol–water partition coefficient (Wildman–Crippen LogP) is 6.51. The molecule has 2 N–H and O–H groups in total. The largest absolute Gasteiger partial charge is 0.490 e. The van der Waals surface area contributed by atoms with E-state index in [0.29, 0.717) is 19.1 Å². The summed E-state index contributed by atoms with van der Waals surface area (Å²) in [5.41, 5.74) is 4.95. The molecule has 214 valence electrons. The number of alkyl halides is 3. The number of hydrogen-bond acceptors (Lipinski definition) is 4. The molecule has 6 nitrogen and oxygen atoms in total. The Morgan fingerprint density at radius 1 is 0.825 bits per heavy atom. The molecular formula is C31H34F3NO5. The zero-order valence-electron chi connectivity index (χ0n) is 22.1. The van der Waals surface area contributed by atoms with Crippen molar-refractivity contribution < 1.29 is 37.7 Å². The van der Waals surface area contributed by atoms with Gasteiger partial charge < -0.3 is 14.9 Å². The molecule has 0 aromatic heterocycles. The lowest BCUT2D eigenvalue weighted by Crippen LogP contribution is -2.29. The molecule has 0 amide bonds. The van der Waals surface area contributed by atoms with Gasteiger partial charge >= 0.3 is 18.1 Å². The third-order valence-corrected chi connectivity index (χ3v) is 6.72. The minimum absolute atomic E-state index is 0.151. The summed E-state index contributed by atoms with van der Waals surface area (Å²) in [6.07, 6.45) is 0.581. The van der Waals surface area contributed by atoms with E-state index in [2.05, 4.69) is 59.5 Å². The Hall–Kier alpha value is -3.85. The summed E-state index contributed by atoms with van der Waals surface area (Å²) >= 11 is 0. The van der Waals surface area contributed by atoms with Crippen molar-refractivity contribution in [3.63, 3.8) is 0 Å². The average Bonchev–Trinajstić information content (AvgIpc) is 3.38. The van der Waals surface area contributed by atoms with Crippen molar-refractivity contribution in [3.8, 4) is 5.75 Å². The second-order valence-corrected chi connectivity index (χ2v) is 9.74. The van der Waals surface area contributed by atoms with Crippen LogP contribution >= 0.6 is 0 Å². The Morgan fingerprint density at radius 3 is 2.00 bits per heavy atom. The van der Waals surface area contributed by atoms with E-state index in [1.165, 1.54) is 36.9 Å². The number of nitrogens with zero attached hydrogens (tertiary/aromatic N) is 1. The van der Waals surface area contributed by atoms with Crippen molar-refractivity contribution in [1.82, 2.24) is 4.90 Å². The summed E-state index contributed by atoms with van der Waals surface area (Å²) in [6, 6.07) is 27.9. The summed E-state index contributed by atoms with van der Waals surface area (Å²) in [7, 11) is 0. The SMILES string of the molecule is O=C(O)C(F)(F)F.O=C(O)CCc1ccc(OCc2ccc(CN3CCCC3CCc3ccccc3)cc2)cc1. The molecule has 40 heavy (non-hydrogen) atoms. The molecule has 4 rings (SSSR count). The van der Waals surface area contributed by atoms with Crippen LogP contribution < -0.4 is 4.74 Å². The Bertz CT molecular complexity index is 1200. The smallest absolute Gasteiger partial charge is 0.489 e. The highest BCUT2D eigenvalue weighted by molar-refractivity contribution is 5.73. The van der Waals surface area contributed by atoms with Gasteiger partial charge in [0.25, 0.3) is 0 Å². The van der Waals surface area contributed by atoms with E-state index in [4.69, 9.17) is 19.7 Å². The standard InChI is InChI=1S/C29H33NO3.C2HF3O2/c31-29(32)19-15-24-13-17-28(18-14-24)33-22-26-10-8-25(9-11-26)21-30-20-4-7-27(30)16-12-23-5-2-1-3-6-23;3-2(4,5)1(6)7/h1-3,5-6,8-11,13-14,17-18,27H,4,7,12,15-16,19-22H2,(H,31,32);(H,6,7). The van der Waals surface area contributed by atoms with Gasteiger partial charge in [0.15, 0.2) is 0 Å². The van der Waals surface area contributed by atoms with E-state index in [9.17, 15) is 18.0 Å². The maximum Gasteiger partial charge on any atom is 0.490 e. The van der Waals surface area contributed by atoms with Gasteiger partial charge in [0.05, 0.1) is 0 Å². The lowest BCUT2D eigenvalue weighted by molar-refractivity contribution is -0.192. The molecule has 0 spiro atoms. The second kappa shape index (κ2) is 15.1. The molecule has 0 radical (unpaired) electrons. The van der Waals surface area contributed by atoms with E-state index in [-0.39, 0.29) is 6.42 Å². The Labute approximate surface area is 232 Å². The van der Waals surface area contributed by atoms with E-state index in [1.54, 1.807) is 0 Å². The molecule has 3 aromatic rings. The molecule has 1 saturated heterocycles. The van der Waals surface area contributed by atoms with Crippen molar-refractivity contribution >= 4 is 11.9 Å². The van der Waals surface area contributed by atoms with E-state index >= 15 is 0 Å². The number of likely N-dealkylation sites (tertiary alicyclic amines) is 1. The maximum atomic E-state index is 10.7. The van der Waals surface area contributed by atoms with E-state index in [0.717, 1.165) is 29.8 Å². The molecule has 1 unspecified atom stereocenters. The normalized spacial score (nSPS) is 15.2. The van der Waals surface area contributed by atoms with Gasteiger partial charge in [-0.05, 0) is 73.0 Å². The van der Waals surface area contributed by atoms with E-state index < -0.39 is 18.1 Å². The Kier molecular flexibility index (Phi) is 11.6. The van der Waals surface area contributed by atoms with Crippen LogP contribution in [0.5, 0.6) is 5.75 Å². The molecule has 1 heterocycles. The second-order valence-electron chi connectivity index (χ2n) is 9.74. The monoisotopic (exact) mass is 557 g/mol. The number of aryl methyl sites for hydroxylation is 2. The highest BCUT2D eigenvalue weighted by atomic mass is 19.4. The maximum absolute atomic E-state index is 10.7. The number of ether oxygens (including phenoxy) is 1. The number of rotatable bonds is 11. The fourth-order valence-electron chi connectivity index (χ4n) is 4.55. The van der Waals surface area contributed by atoms with Gasteiger partial charge in [-0.25, -0.2) is 4.79 Å². The quantitative estimate of drug-likeness (QED) is 0.279. The van der Waals surface area contributed by atoms with Crippen LogP contribution in [0.3, 0.4) is 0 Å². The lowest BCUT2D eigenvalue weighted by Gasteiger charge is -2.24. The van der Waals surface area contributed by atoms with Crippen LogP contribution in [0.25, 0.3) is 0 Å². The summed E-state index contributed by atoms with van der Waals surface area (Å²) in [5.74, 6) is -2.73. The van der Waals surface area contributed by atoms with Crippen molar-refractivity contribution in [1.29, 1.82) is 0 Å². The van der Waals surface area contributed by atoms with Gasteiger partial charge in [0.2, 0.25) is 0 Å². The number of carboxylic acid groups (broad SMARTS) is 2. The molecule has 1 aliphatic rings. The number of benzene rings is 3. The molecular weight excluding hydrogens is 523 g/mol. The molecule has 1 atom stereocenters. The number of hydrogen-bond donors (Lipinski definition) is 2. The predicted molar refractivity (Wildman–Crippen MR) is 145 cm³/mol. The summed E-state index contributed by atoms with van der Waals surface area (Å²) in [4.78, 5) is 22.2. The molecule has 1 fully saturated rings. The molecule has 9 heteroatoms.